The molecule has 0 aromatic heterocycles. The van der Waals surface area contributed by atoms with Crippen molar-refractivity contribution in [3.05, 3.63) is 126 Å². The third-order valence-corrected chi connectivity index (χ3v) is 5.59. The van der Waals surface area contributed by atoms with Crippen LogP contribution in [0.25, 0.3) is 6.08 Å². The Hall–Kier alpha value is -4.11. The van der Waals surface area contributed by atoms with Crippen molar-refractivity contribution in [3.63, 3.8) is 0 Å². The number of para-hydroxylation sites is 3. The van der Waals surface area contributed by atoms with E-state index >= 15 is 0 Å². The molecule has 0 unspecified atom stereocenters. The fraction of sp³-hybridized carbons (Fsp3) is 0.0357. The van der Waals surface area contributed by atoms with Crippen molar-refractivity contribution < 1.29 is 4.79 Å². The fourth-order valence-corrected chi connectivity index (χ4v) is 4.02. The van der Waals surface area contributed by atoms with Crippen molar-refractivity contribution in [1.82, 2.24) is 0 Å². The number of nitrogens with zero attached hydrogens (tertiary/aromatic N) is 2. The van der Waals surface area contributed by atoms with Crippen molar-refractivity contribution in [2.45, 2.75) is 0 Å². The van der Waals surface area contributed by atoms with E-state index in [0.29, 0.717) is 5.70 Å². The second-order valence-electron chi connectivity index (χ2n) is 7.53. The monoisotopic (exact) mass is 402 g/mol. The molecular weight excluding hydrogens is 380 g/mol. The van der Waals surface area contributed by atoms with Crippen molar-refractivity contribution >= 4 is 34.6 Å². The van der Waals surface area contributed by atoms with Gasteiger partial charge in [-0.3, -0.25) is 4.79 Å². The minimum atomic E-state index is 0.0670. The maximum absolute atomic E-state index is 12.8. The van der Waals surface area contributed by atoms with Gasteiger partial charge in [-0.2, -0.15) is 0 Å². The standard InChI is InChI=1S/C28H22N2O/c1-29-26-15-9-8-14-25(26)28(31)27(29)20-21-16-18-24(19-17-21)30(22-10-4-2-5-11-22)23-12-6-3-7-13-23/h2-20H,1H3/b27-20+. The van der Waals surface area contributed by atoms with Gasteiger partial charge in [-0.05, 0) is 60.2 Å². The summed E-state index contributed by atoms with van der Waals surface area (Å²) in [6, 6.07) is 36.7. The van der Waals surface area contributed by atoms with Gasteiger partial charge in [0.05, 0.1) is 11.4 Å². The first-order chi connectivity index (χ1) is 15.2. The minimum Gasteiger partial charge on any atom is -0.341 e. The molecule has 0 atom stereocenters. The van der Waals surface area contributed by atoms with Gasteiger partial charge in [0.2, 0.25) is 5.78 Å². The molecule has 4 aromatic rings. The summed E-state index contributed by atoms with van der Waals surface area (Å²) in [5, 5.41) is 0. The summed E-state index contributed by atoms with van der Waals surface area (Å²) >= 11 is 0. The first kappa shape index (κ1) is 18.9. The number of benzene rings is 4. The van der Waals surface area contributed by atoms with Crippen LogP contribution in [-0.2, 0) is 0 Å². The molecule has 5 rings (SSSR count). The van der Waals surface area contributed by atoms with Crippen molar-refractivity contribution in [2.24, 2.45) is 0 Å². The number of carbonyl (C=O) groups is 1. The number of Topliss-reactive ketones (excluding diaryl/α,β-unsaturated/α-hetero) is 1. The van der Waals surface area contributed by atoms with Gasteiger partial charge in [-0.1, -0.05) is 60.7 Å². The molecule has 31 heavy (non-hydrogen) atoms. The average Bonchev–Trinajstić information content (AvgIpc) is 3.07. The Balaban J connectivity index is 1.50. The summed E-state index contributed by atoms with van der Waals surface area (Å²) < 4.78 is 0. The summed E-state index contributed by atoms with van der Waals surface area (Å²) in [7, 11) is 1.94. The molecule has 1 heterocycles. The van der Waals surface area contributed by atoms with Gasteiger partial charge in [-0.15, -0.1) is 0 Å². The highest BCUT2D eigenvalue weighted by molar-refractivity contribution is 6.21. The highest BCUT2D eigenvalue weighted by Crippen LogP contribution is 2.36. The molecule has 3 heteroatoms. The number of carbonyl (C=O) groups excluding carboxylic acids is 1. The van der Waals surface area contributed by atoms with Gasteiger partial charge in [0.15, 0.2) is 0 Å². The van der Waals surface area contributed by atoms with Crippen LogP contribution in [-0.4, -0.2) is 12.8 Å². The number of ketones is 1. The SMILES string of the molecule is CN1/C(=C/c2ccc(N(c3ccccc3)c3ccccc3)cc2)C(=O)c2ccccc21. The smallest absolute Gasteiger partial charge is 0.211 e. The van der Waals surface area contributed by atoms with E-state index in [-0.39, 0.29) is 5.78 Å². The van der Waals surface area contributed by atoms with Crippen LogP contribution >= 0.6 is 0 Å². The Morgan fingerprint density at radius 1 is 0.645 bits per heavy atom. The van der Waals surface area contributed by atoms with Crippen LogP contribution < -0.4 is 9.80 Å². The van der Waals surface area contributed by atoms with Crippen molar-refractivity contribution in [2.75, 3.05) is 16.8 Å². The van der Waals surface area contributed by atoms with Crippen molar-refractivity contribution in [3.8, 4) is 0 Å². The molecule has 3 nitrogen and oxygen atoms in total. The van der Waals surface area contributed by atoms with E-state index in [0.717, 1.165) is 33.9 Å². The average molecular weight is 402 g/mol. The quantitative estimate of drug-likeness (QED) is 0.350. The summed E-state index contributed by atoms with van der Waals surface area (Å²) in [4.78, 5) is 17.0. The van der Waals surface area contributed by atoms with Crippen LogP contribution in [0.1, 0.15) is 15.9 Å². The largest absolute Gasteiger partial charge is 0.341 e. The number of likely N-dealkylation sites (N-methyl/N-ethyl adjacent to an activating group) is 1. The number of hydrogen-bond acceptors (Lipinski definition) is 3. The van der Waals surface area contributed by atoms with Crippen LogP contribution in [0.5, 0.6) is 0 Å². The molecule has 0 saturated heterocycles. The van der Waals surface area contributed by atoms with Gasteiger partial charge in [-0.25, -0.2) is 0 Å². The van der Waals surface area contributed by atoms with Crippen LogP contribution in [0.4, 0.5) is 22.7 Å². The van der Waals surface area contributed by atoms with Gasteiger partial charge in [0.1, 0.15) is 0 Å². The first-order valence-electron chi connectivity index (χ1n) is 10.3. The Kier molecular flexibility index (Phi) is 4.85. The molecule has 1 aliphatic rings. The molecule has 0 amide bonds. The minimum absolute atomic E-state index is 0.0670. The van der Waals surface area contributed by atoms with E-state index in [4.69, 9.17) is 0 Å². The topological polar surface area (TPSA) is 23.6 Å². The van der Waals surface area contributed by atoms with Gasteiger partial charge in [0, 0.05) is 29.7 Å². The van der Waals surface area contributed by atoms with Gasteiger partial charge in [0.25, 0.3) is 0 Å². The zero-order valence-corrected chi connectivity index (χ0v) is 17.3. The number of hydrogen-bond donors (Lipinski definition) is 0. The van der Waals surface area contributed by atoms with E-state index in [1.165, 1.54) is 0 Å². The van der Waals surface area contributed by atoms with E-state index in [1.807, 2.05) is 78.7 Å². The number of rotatable bonds is 4. The van der Waals surface area contributed by atoms with E-state index < -0.39 is 0 Å². The molecule has 0 radical (unpaired) electrons. The number of fused-ring (bicyclic) bond motifs is 1. The van der Waals surface area contributed by atoms with Crippen molar-refractivity contribution in [1.29, 1.82) is 0 Å². The molecule has 0 saturated carbocycles. The van der Waals surface area contributed by atoms with E-state index in [2.05, 4.69) is 53.4 Å². The lowest BCUT2D eigenvalue weighted by molar-refractivity contribution is 0.104. The van der Waals surface area contributed by atoms with Gasteiger partial charge < -0.3 is 9.80 Å². The number of allylic oxidation sites excluding steroid dienone is 1. The summed E-state index contributed by atoms with van der Waals surface area (Å²) in [6.45, 7) is 0. The lowest BCUT2D eigenvalue weighted by atomic mass is 10.1. The normalized spacial score (nSPS) is 14.0. The first-order valence-corrected chi connectivity index (χ1v) is 10.3. The molecule has 0 N–H and O–H groups in total. The number of anilines is 4. The fourth-order valence-electron chi connectivity index (χ4n) is 4.02. The molecular formula is C28H22N2O. The van der Waals surface area contributed by atoms with E-state index in [1.54, 1.807) is 0 Å². The molecule has 150 valence electrons. The van der Waals surface area contributed by atoms with Gasteiger partial charge >= 0.3 is 0 Å². The van der Waals surface area contributed by atoms with Crippen LogP contribution in [0.15, 0.2) is 115 Å². The maximum Gasteiger partial charge on any atom is 0.211 e. The lowest BCUT2D eigenvalue weighted by Crippen LogP contribution is -2.13. The lowest BCUT2D eigenvalue weighted by Gasteiger charge is -2.25. The molecule has 0 aliphatic carbocycles. The van der Waals surface area contributed by atoms with E-state index in [9.17, 15) is 4.79 Å². The summed E-state index contributed by atoms with van der Waals surface area (Å²) in [5.41, 5.74) is 6.66. The predicted molar refractivity (Wildman–Crippen MR) is 128 cm³/mol. The zero-order chi connectivity index (χ0) is 21.2. The highest BCUT2D eigenvalue weighted by Gasteiger charge is 2.29. The predicted octanol–water partition coefficient (Wildman–Crippen LogP) is 6.83. The Labute approximate surface area is 182 Å². The Morgan fingerprint density at radius 3 is 1.74 bits per heavy atom. The van der Waals surface area contributed by atoms with Crippen LogP contribution in [0.2, 0.25) is 0 Å². The highest BCUT2D eigenvalue weighted by atomic mass is 16.1. The maximum atomic E-state index is 12.8. The molecule has 1 aliphatic heterocycles. The van der Waals surface area contributed by atoms with Crippen LogP contribution in [0.3, 0.4) is 0 Å². The second kappa shape index (κ2) is 7.96. The molecule has 0 spiro atoms. The molecule has 0 fully saturated rings. The molecule has 0 bridgehead atoms. The molecule has 4 aromatic carbocycles. The Bertz CT molecular complexity index is 1210. The third kappa shape index (κ3) is 3.51. The van der Waals surface area contributed by atoms with Crippen LogP contribution in [0, 0.1) is 0 Å². The summed E-state index contributed by atoms with van der Waals surface area (Å²) in [6.07, 6.45) is 1.96. The second-order valence-corrected chi connectivity index (χ2v) is 7.53. The summed E-state index contributed by atoms with van der Waals surface area (Å²) in [5.74, 6) is 0.0670. The zero-order valence-electron chi connectivity index (χ0n) is 17.3. The Morgan fingerprint density at radius 2 is 1.16 bits per heavy atom. The third-order valence-electron chi connectivity index (χ3n) is 5.59.